The first-order chi connectivity index (χ1) is 9.56. The second-order valence-corrected chi connectivity index (χ2v) is 7.82. The minimum Gasteiger partial charge on any atom is -0.341 e. The van der Waals surface area contributed by atoms with E-state index in [9.17, 15) is 4.79 Å². The third kappa shape index (κ3) is 2.47. The van der Waals surface area contributed by atoms with Gasteiger partial charge in [0.05, 0.1) is 12.5 Å². The number of thiophene rings is 1. The lowest BCUT2D eigenvalue weighted by molar-refractivity contribution is -0.132. The molecule has 1 atom stereocenters. The SMILES string of the molecule is Cc1[nH]c(=S)sc1CC(=O)N1CCc2sccc2[C@@H]1C. The Bertz CT molecular complexity index is 697. The minimum atomic E-state index is 0.185. The Morgan fingerprint density at radius 1 is 1.60 bits per heavy atom. The lowest BCUT2D eigenvalue weighted by atomic mass is 10.0. The number of fused-ring (bicyclic) bond motifs is 1. The predicted molar refractivity (Wildman–Crippen MR) is 86.1 cm³/mol. The lowest BCUT2D eigenvalue weighted by Gasteiger charge is -2.33. The van der Waals surface area contributed by atoms with Crippen molar-refractivity contribution in [3.8, 4) is 0 Å². The molecule has 0 radical (unpaired) electrons. The van der Waals surface area contributed by atoms with Crippen molar-refractivity contribution in [3.63, 3.8) is 0 Å². The van der Waals surface area contributed by atoms with Gasteiger partial charge in [-0.2, -0.15) is 0 Å². The van der Waals surface area contributed by atoms with Gasteiger partial charge in [-0.25, -0.2) is 0 Å². The van der Waals surface area contributed by atoms with E-state index in [4.69, 9.17) is 12.2 Å². The molecule has 0 aliphatic carbocycles. The Morgan fingerprint density at radius 2 is 2.40 bits per heavy atom. The summed E-state index contributed by atoms with van der Waals surface area (Å²) in [5.41, 5.74) is 2.34. The number of thiazole rings is 1. The zero-order valence-electron chi connectivity index (χ0n) is 11.4. The van der Waals surface area contributed by atoms with Gasteiger partial charge >= 0.3 is 0 Å². The number of carbonyl (C=O) groups is 1. The first-order valence-corrected chi connectivity index (χ1v) is 8.71. The van der Waals surface area contributed by atoms with Crippen LogP contribution in [0, 0.1) is 10.9 Å². The number of rotatable bonds is 2. The summed E-state index contributed by atoms with van der Waals surface area (Å²) in [5, 5.41) is 2.12. The zero-order chi connectivity index (χ0) is 14.3. The Morgan fingerprint density at radius 3 is 3.10 bits per heavy atom. The van der Waals surface area contributed by atoms with Gasteiger partial charge in [-0.15, -0.1) is 22.7 Å². The van der Waals surface area contributed by atoms with E-state index in [0.717, 1.165) is 27.5 Å². The monoisotopic (exact) mass is 324 g/mol. The summed E-state index contributed by atoms with van der Waals surface area (Å²) < 4.78 is 0.747. The molecule has 1 N–H and O–H groups in total. The van der Waals surface area contributed by atoms with Gasteiger partial charge in [0.25, 0.3) is 0 Å². The van der Waals surface area contributed by atoms with Crippen molar-refractivity contribution in [1.29, 1.82) is 0 Å². The molecule has 1 aliphatic heterocycles. The van der Waals surface area contributed by atoms with Crippen LogP contribution in [-0.2, 0) is 17.6 Å². The van der Waals surface area contributed by atoms with Crippen molar-refractivity contribution >= 4 is 40.8 Å². The predicted octanol–water partition coefficient (Wildman–Crippen LogP) is 3.86. The molecule has 6 heteroatoms. The maximum Gasteiger partial charge on any atom is 0.228 e. The van der Waals surface area contributed by atoms with E-state index in [0.29, 0.717) is 6.42 Å². The lowest BCUT2D eigenvalue weighted by Crippen LogP contribution is -2.39. The largest absolute Gasteiger partial charge is 0.341 e. The smallest absolute Gasteiger partial charge is 0.228 e. The van der Waals surface area contributed by atoms with Crippen molar-refractivity contribution in [2.75, 3.05) is 6.54 Å². The molecular weight excluding hydrogens is 308 g/mol. The van der Waals surface area contributed by atoms with E-state index >= 15 is 0 Å². The fraction of sp³-hybridized carbons (Fsp3) is 0.429. The maximum atomic E-state index is 12.6. The van der Waals surface area contributed by atoms with Gasteiger partial charge < -0.3 is 9.88 Å². The summed E-state index contributed by atoms with van der Waals surface area (Å²) in [5.74, 6) is 0.197. The van der Waals surface area contributed by atoms with Crippen molar-refractivity contribution in [3.05, 3.63) is 36.4 Å². The number of aryl methyl sites for hydroxylation is 1. The molecule has 1 aliphatic rings. The molecule has 3 heterocycles. The number of hydrogen-bond acceptors (Lipinski definition) is 4. The molecule has 106 valence electrons. The van der Waals surface area contributed by atoms with E-state index in [1.165, 1.54) is 21.8 Å². The average molecular weight is 324 g/mol. The van der Waals surface area contributed by atoms with Crippen LogP contribution >= 0.6 is 34.9 Å². The Hall–Kier alpha value is -0.980. The molecule has 3 nitrogen and oxygen atoms in total. The molecule has 0 spiro atoms. The number of nitrogens with one attached hydrogen (secondary N) is 1. The summed E-state index contributed by atoms with van der Waals surface area (Å²) in [6, 6.07) is 2.33. The third-order valence-electron chi connectivity index (χ3n) is 3.83. The maximum absolute atomic E-state index is 12.6. The van der Waals surface area contributed by atoms with Crippen molar-refractivity contribution in [1.82, 2.24) is 9.88 Å². The second-order valence-electron chi connectivity index (χ2n) is 5.05. The molecule has 0 saturated carbocycles. The number of hydrogen-bond donors (Lipinski definition) is 1. The second kappa shape index (κ2) is 5.42. The highest BCUT2D eigenvalue weighted by molar-refractivity contribution is 7.73. The summed E-state index contributed by atoms with van der Waals surface area (Å²) in [7, 11) is 0. The third-order valence-corrected chi connectivity index (χ3v) is 6.17. The fourth-order valence-corrected chi connectivity index (χ4v) is 4.94. The van der Waals surface area contributed by atoms with Crippen LogP contribution in [0.15, 0.2) is 11.4 Å². The molecule has 0 unspecified atom stereocenters. The summed E-state index contributed by atoms with van der Waals surface area (Å²) in [4.78, 5) is 20.1. The van der Waals surface area contributed by atoms with E-state index < -0.39 is 0 Å². The zero-order valence-corrected chi connectivity index (χ0v) is 13.9. The fourth-order valence-electron chi connectivity index (χ4n) is 2.69. The van der Waals surface area contributed by atoms with Gasteiger partial charge in [-0.05, 0) is 49.5 Å². The first-order valence-electron chi connectivity index (χ1n) is 6.60. The molecular formula is C14H16N2OS3. The molecule has 0 aromatic carbocycles. The van der Waals surface area contributed by atoms with Gasteiger partial charge in [0.15, 0.2) is 3.95 Å². The number of aromatic nitrogens is 1. The van der Waals surface area contributed by atoms with E-state index in [1.807, 2.05) is 11.8 Å². The molecule has 0 bridgehead atoms. The van der Waals surface area contributed by atoms with Gasteiger partial charge in [-0.1, -0.05) is 0 Å². The van der Waals surface area contributed by atoms with Crippen LogP contribution in [0.3, 0.4) is 0 Å². The molecule has 20 heavy (non-hydrogen) atoms. The van der Waals surface area contributed by atoms with Crippen LogP contribution < -0.4 is 0 Å². The molecule has 2 aromatic heterocycles. The number of aromatic amines is 1. The van der Waals surface area contributed by atoms with E-state index in [-0.39, 0.29) is 11.9 Å². The quantitative estimate of drug-likeness (QED) is 0.852. The van der Waals surface area contributed by atoms with Crippen LogP contribution in [0.1, 0.15) is 34.0 Å². The highest BCUT2D eigenvalue weighted by Crippen LogP contribution is 2.33. The van der Waals surface area contributed by atoms with Crippen LogP contribution in [0.25, 0.3) is 0 Å². The van der Waals surface area contributed by atoms with Gasteiger partial charge in [0.1, 0.15) is 0 Å². The van der Waals surface area contributed by atoms with Crippen LogP contribution in [0.5, 0.6) is 0 Å². The molecule has 2 aromatic rings. The molecule has 3 rings (SSSR count). The van der Waals surface area contributed by atoms with Crippen molar-refractivity contribution in [2.24, 2.45) is 0 Å². The normalized spacial score (nSPS) is 18.1. The van der Waals surface area contributed by atoms with Crippen molar-refractivity contribution < 1.29 is 4.79 Å². The average Bonchev–Trinajstić information content (AvgIpc) is 2.97. The van der Waals surface area contributed by atoms with Crippen LogP contribution in [0.4, 0.5) is 0 Å². The highest BCUT2D eigenvalue weighted by Gasteiger charge is 2.28. The number of nitrogens with zero attached hydrogens (tertiary/aromatic N) is 1. The summed E-state index contributed by atoms with van der Waals surface area (Å²) >= 11 is 8.44. The molecule has 1 amide bonds. The minimum absolute atomic E-state index is 0.185. The Labute approximate surface area is 131 Å². The molecule has 0 fully saturated rings. The van der Waals surface area contributed by atoms with E-state index in [2.05, 4.69) is 23.4 Å². The number of amides is 1. The first kappa shape index (κ1) is 14.0. The standard InChI is InChI=1S/C14H16N2OS3/c1-8-12(20-14(18)15-8)7-13(17)16-5-3-11-10(9(16)2)4-6-19-11/h4,6,9H,3,5,7H2,1-2H3,(H,15,18)/t9-/m0/s1. The van der Waals surface area contributed by atoms with Gasteiger partial charge in [0, 0.05) is 22.0 Å². The van der Waals surface area contributed by atoms with Crippen LogP contribution in [-0.4, -0.2) is 22.3 Å². The van der Waals surface area contributed by atoms with Crippen molar-refractivity contribution in [2.45, 2.75) is 32.7 Å². The summed E-state index contributed by atoms with van der Waals surface area (Å²) in [6.45, 7) is 4.92. The highest BCUT2D eigenvalue weighted by atomic mass is 32.1. The Kier molecular flexibility index (Phi) is 3.79. The number of carbonyl (C=O) groups excluding carboxylic acids is 1. The van der Waals surface area contributed by atoms with E-state index in [1.54, 1.807) is 11.3 Å². The van der Waals surface area contributed by atoms with Gasteiger partial charge in [0.2, 0.25) is 5.91 Å². The Balaban J connectivity index is 1.79. The van der Waals surface area contributed by atoms with Crippen LogP contribution in [0.2, 0.25) is 0 Å². The van der Waals surface area contributed by atoms with Gasteiger partial charge in [-0.3, -0.25) is 4.79 Å². The summed E-state index contributed by atoms with van der Waals surface area (Å²) in [6.07, 6.45) is 1.43. The number of H-pyrrole nitrogens is 1. The molecule has 0 saturated heterocycles. The topological polar surface area (TPSA) is 36.1 Å².